The minimum Gasteiger partial charge on any atom is -0.496 e. The molecule has 0 spiro atoms. The molecule has 3 saturated carbocycles. The number of amides is 2. The summed E-state index contributed by atoms with van der Waals surface area (Å²) < 4.78 is 13.4. The van der Waals surface area contributed by atoms with Gasteiger partial charge >= 0.3 is 6.09 Å². The number of hydrogen-bond acceptors (Lipinski definition) is 6. The Kier molecular flexibility index (Phi) is 9.76. The van der Waals surface area contributed by atoms with Gasteiger partial charge in [-0.25, -0.2) is 4.79 Å². The molecule has 1 saturated heterocycles. The van der Waals surface area contributed by atoms with E-state index in [1.807, 2.05) is 6.20 Å². The van der Waals surface area contributed by atoms with Crippen molar-refractivity contribution in [3.05, 3.63) is 66.0 Å². The number of likely N-dealkylation sites (tertiary alicyclic amines) is 1. The van der Waals surface area contributed by atoms with Crippen LogP contribution >= 0.6 is 0 Å². The van der Waals surface area contributed by atoms with Crippen LogP contribution in [0.25, 0.3) is 11.1 Å². The molecular weight excluding hydrogens is 604 g/mol. The summed E-state index contributed by atoms with van der Waals surface area (Å²) in [4.78, 5) is 30.7. The van der Waals surface area contributed by atoms with Gasteiger partial charge in [0.15, 0.2) is 0 Å². The average Bonchev–Trinajstić information content (AvgIpc) is 3.82. The van der Waals surface area contributed by atoms with Gasteiger partial charge in [0.05, 0.1) is 19.3 Å². The van der Waals surface area contributed by atoms with Crippen LogP contribution in [0.15, 0.2) is 54.9 Å². The Hall–Kier alpha value is -3.85. The van der Waals surface area contributed by atoms with E-state index in [1.54, 1.807) is 12.0 Å². The molecule has 256 valence electrons. The Balaban J connectivity index is 1.03. The fraction of sp³-hybridized carbons (Fsp3) is 0.564. The quantitative estimate of drug-likeness (QED) is 0.250. The molecular formula is C39H50N4O5. The van der Waals surface area contributed by atoms with Gasteiger partial charge in [-0.05, 0) is 118 Å². The number of benzene rings is 2. The smallest absolute Gasteiger partial charge is 0.410 e. The van der Waals surface area contributed by atoms with Gasteiger partial charge in [0, 0.05) is 55.5 Å². The molecule has 7 rings (SSSR count). The number of anilines is 1. The highest BCUT2D eigenvalue weighted by Crippen LogP contribution is 2.40. The second-order valence-electron chi connectivity index (χ2n) is 14.7. The van der Waals surface area contributed by atoms with Gasteiger partial charge < -0.3 is 24.4 Å². The zero-order valence-corrected chi connectivity index (χ0v) is 28.4. The van der Waals surface area contributed by atoms with Crippen molar-refractivity contribution in [2.24, 2.45) is 17.8 Å². The van der Waals surface area contributed by atoms with Gasteiger partial charge in [0.2, 0.25) is 5.91 Å². The largest absolute Gasteiger partial charge is 0.496 e. The second kappa shape index (κ2) is 14.3. The molecule has 0 bridgehead atoms. The van der Waals surface area contributed by atoms with Gasteiger partial charge in [-0.15, -0.1) is 0 Å². The third-order valence-electron chi connectivity index (χ3n) is 11.2. The van der Waals surface area contributed by atoms with Crippen molar-refractivity contribution in [3.8, 4) is 16.9 Å². The lowest BCUT2D eigenvalue weighted by atomic mass is 9.78. The number of aliphatic hydroxyl groups is 1. The Morgan fingerprint density at radius 3 is 2.38 bits per heavy atom. The first kappa shape index (κ1) is 32.7. The van der Waals surface area contributed by atoms with E-state index in [2.05, 4.69) is 70.3 Å². The summed E-state index contributed by atoms with van der Waals surface area (Å²) in [7, 11) is 1.72. The lowest BCUT2D eigenvalue weighted by Gasteiger charge is -2.39. The predicted octanol–water partition coefficient (Wildman–Crippen LogP) is 7.13. The van der Waals surface area contributed by atoms with Gasteiger partial charge in [-0.2, -0.15) is 5.10 Å². The van der Waals surface area contributed by atoms with Crippen molar-refractivity contribution in [3.63, 3.8) is 0 Å². The molecule has 3 aliphatic carbocycles. The van der Waals surface area contributed by atoms with E-state index in [1.165, 1.54) is 24.0 Å². The Morgan fingerprint density at radius 2 is 1.69 bits per heavy atom. The Bertz CT molecular complexity index is 1580. The van der Waals surface area contributed by atoms with Crippen LogP contribution in [0.1, 0.15) is 87.3 Å². The summed E-state index contributed by atoms with van der Waals surface area (Å²) in [5, 5.41) is 13.9. The molecule has 1 aromatic heterocycles. The van der Waals surface area contributed by atoms with Crippen molar-refractivity contribution in [1.82, 2.24) is 14.7 Å². The average molecular weight is 655 g/mol. The first-order valence-electron chi connectivity index (χ1n) is 18.1. The Labute approximate surface area is 284 Å². The highest BCUT2D eigenvalue weighted by atomic mass is 16.6. The number of ether oxygens (including phenoxy) is 2. The maximum absolute atomic E-state index is 14.4. The zero-order chi connectivity index (χ0) is 33.2. The summed E-state index contributed by atoms with van der Waals surface area (Å²) in [5.41, 5.74) is 5.69. The van der Waals surface area contributed by atoms with Crippen molar-refractivity contribution in [2.45, 2.75) is 89.2 Å². The number of aromatic nitrogens is 2. The van der Waals surface area contributed by atoms with E-state index in [9.17, 15) is 14.7 Å². The number of rotatable bonds is 10. The maximum Gasteiger partial charge on any atom is 0.410 e. The van der Waals surface area contributed by atoms with Crippen molar-refractivity contribution in [1.29, 1.82) is 0 Å². The first-order valence-corrected chi connectivity index (χ1v) is 18.1. The summed E-state index contributed by atoms with van der Waals surface area (Å²) in [6.45, 7) is 4.04. The summed E-state index contributed by atoms with van der Waals surface area (Å²) in [6.07, 6.45) is 13.2. The van der Waals surface area contributed by atoms with Gasteiger partial charge in [0.25, 0.3) is 0 Å². The Morgan fingerprint density at radius 1 is 0.917 bits per heavy atom. The van der Waals surface area contributed by atoms with Crippen molar-refractivity contribution < 1.29 is 24.2 Å². The summed E-state index contributed by atoms with van der Waals surface area (Å²) >= 11 is 0. The molecule has 4 aliphatic rings. The number of hydrogen-bond donors (Lipinski definition) is 1. The fourth-order valence-electron chi connectivity index (χ4n) is 7.99. The molecule has 0 atom stereocenters. The second-order valence-corrected chi connectivity index (χ2v) is 14.7. The normalized spacial score (nSPS) is 24.5. The van der Waals surface area contributed by atoms with Gasteiger partial charge in [-0.1, -0.05) is 24.3 Å². The number of carbonyl (C=O) groups is 2. The van der Waals surface area contributed by atoms with Crippen molar-refractivity contribution >= 4 is 17.7 Å². The third-order valence-corrected chi connectivity index (χ3v) is 11.2. The fourth-order valence-corrected chi connectivity index (χ4v) is 7.99. The van der Waals surface area contributed by atoms with Crippen LogP contribution in [0.3, 0.4) is 0 Å². The van der Waals surface area contributed by atoms with E-state index >= 15 is 0 Å². The van der Waals surface area contributed by atoms with Crippen LogP contribution in [0.4, 0.5) is 10.5 Å². The number of methoxy groups -OCH3 is 1. The molecule has 48 heavy (non-hydrogen) atoms. The lowest BCUT2D eigenvalue weighted by Crippen LogP contribution is -2.52. The summed E-state index contributed by atoms with van der Waals surface area (Å²) in [5.74, 6) is 2.15. The molecule has 2 aromatic carbocycles. The predicted molar refractivity (Wildman–Crippen MR) is 185 cm³/mol. The van der Waals surface area contributed by atoms with Crippen LogP contribution in [0.5, 0.6) is 5.75 Å². The molecule has 2 heterocycles. The molecule has 4 fully saturated rings. The minimum absolute atomic E-state index is 0.0948. The lowest BCUT2D eigenvalue weighted by molar-refractivity contribution is -0.124. The van der Waals surface area contributed by atoms with E-state index in [0.717, 1.165) is 48.2 Å². The molecule has 9 nitrogen and oxygen atoms in total. The standard InChI is InChI=1S/C39H50N4O5/c1-26-18-32(12-17-37(26)47-2)29-8-6-27(7-9-29)23-42(35-5-3-4-31(19-35)33-20-40-43(24-33)34-13-14-34)38(45)30-10-15-36(16-11-30)48-39(46)41-21-28(22-41)25-44/h3-5,12,17-20,24,27-30,34,36,44H,6-11,13-16,21-23,25H2,1-2H3/t27-,29-,30-,36-. The van der Waals surface area contributed by atoms with E-state index in [0.29, 0.717) is 63.2 Å². The SMILES string of the molecule is COc1ccc([C@H]2CC[C@H](CN(c3cccc(-c4cnn(C5CC5)c4)c3)C(=O)[C@H]3CC[C@H](OC(=O)N4CC(CO)C4)CC3)CC2)cc1C. The molecule has 0 radical (unpaired) electrons. The molecule has 2 amide bonds. The van der Waals surface area contributed by atoms with Crippen LogP contribution in [0, 0.1) is 24.7 Å². The molecule has 1 aliphatic heterocycles. The van der Waals surface area contributed by atoms with E-state index in [4.69, 9.17) is 9.47 Å². The van der Waals surface area contributed by atoms with Crippen LogP contribution in [-0.2, 0) is 9.53 Å². The van der Waals surface area contributed by atoms with Gasteiger partial charge in [-0.3, -0.25) is 9.48 Å². The molecule has 0 unspecified atom stereocenters. The number of aliphatic hydroxyl groups excluding tert-OH is 1. The van der Waals surface area contributed by atoms with Crippen LogP contribution < -0.4 is 9.64 Å². The molecule has 9 heteroatoms. The van der Waals surface area contributed by atoms with Gasteiger partial charge in [0.1, 0.15) is 11.9 Å². The topological polar surface area (TPSA) is 97.1 Å². The minimum atomic E-state index is -0.293. The van der Waals surface area contributed by atoms with E-state index in [-0.39, 0.29) is 36.5 Å². The monoisotopic (exact) mass is 654 g/mol. The number of aryl methyl sites for hydroxylation is 1. The van der Waals surface area contributed by atoms with E-state index < -0.39 is 0 Å². The summed E-state index contributed by atoms with van der Waals surface area (Å²) in [6, 6.07) is 15.5. The first-order chi connectivity index (χ1) is 23.4. The molecule has 1 N–H and O–H groups in total. The number of nitrogens with zero attached hydrogens (tertiary/aromatic N) is 4. The zero-order valence-electron chi connectivity index (χ0n) is 28.4. The maximum atomic E-state index is 14.4. The molecule has 3 aromatic rings. The third kappa shape index (κ3) is 7.26. The highest BCUT2D eigenvalue weighted by Gasteiger charge is 2.36. The number of carbonyl (C=O) groups excluding carboxylic acids is 2. The van der Waals surface area contributed by atoms with Crippen LogP contribution in [0.2, 0.25) is 0 Å². The van der Waals surface area contributed by atoms with Crippen LogP contribution in [-0.4, -0.2) is 71.2 Å². The highest BCUT2D eigenvalue weighted by molar-refractivity contribution is 5.95. The van der Waals surface area contributed by atoms with Crippen molar-refractivity contribution in [2.75, 3.05) is 38.3 Å².